The van der Waals surface area contributed by atoms with Gasteiger partial charge in [-0.05, 0) is 43.5 Å². The second-order valence-corrected chi connectivity index (χ2v) is 7.81. The number of benzene rings is 2. The predicted octanol–water partition coefficient (Wildman–Crippen LogP) is 5.75. The lowest BCUT2D eigenvalue weighted by molar-refractivity contribution is -0.112. The van der Waals surface area contributed by atoms with Gasteiger partial charge in [-0.2, -0.15) is 5.26 Å². The number of ether oxygens (including phenoxy) is 1. The smallest absolute Gasteiger partial charge is 0.341 e. The van der Waals surface area contributed by atoms with E-state index in [2.05, 4.69) is 5.32 Å². The van der Waals surface area contributed by atoms with E-state index in [0.29, 0.717) is 16.1 Å². The number of rotatable bonds is 6. The Balaban J connectivity index is 2.00. The van der Waals surface area contributed by atoms with E-state index in [1.807, 2.05) is 61.7 Å². The third-order valence-electron chi connectivity index (χ3n) is 4.65. The van der Waals surface area contributed by atoms with Gasteiger partial charge in [0.05, 0.1) is 6.61 Å². The van der Waals surface area contributed by atoms with Gasteiger partial charge in [-0.1, -0.05) is 54.1 Å². The van der Waals surface area contributed by atoms with Gasteiger partial charge in [0.15, 0.2) is 0 Å². The summed E-state index contributed by atoms with van der Waals surface area (Å²) in [5, 5.41) is 14.4. The molecule has 1 heterocycles. The largest absolute Gasteiger partial charge is 0.462 e. The van der Waals surface area contributed by atoms with Crippen molar-refractivity contribution in [3.05, 3.63) is 81.7 Å². The summed E-state index contributed by atoms with van der Waals surface area (Å²) >= 11 is 1.23. The SMILES string of the molecule is CCOC(=O)c1c(-c2ccc(C)cc2C)csc1NC(=O)/C(C#N)=C/c1ccccc1. The van der Waals surface area contributed by atoms with Crippen LogP contribution in [0.25, 0.3) is 17.2 Å². The maximum Gasteiger partial charge on any atom is 0.341 e. The number of hydrogen-bond acceptors (Lipinski definition) is 5. The number of carbonyl (C=O) groups excluding carboxylic acids is 2. The molecular weight excluding hydrogens is 408 g/mol. The van der Waals surface area contributed by atoms with Crippen molar-refractivity contribution in [1.82, 2.24) is 0 Å². The van der Waals surface area contributed by atoms with Gasteiger partial charge in [0.2, 0.25) is 0 Å². The van der Waals surface area contributed by atoms with Crippen molar-refractivity contribution < 1.29 is 14.3 Å². The number of amides is 1. The second-order valence-electron chi connectivity index (χ2n) is 6.93. The van der Waals surface area contributed by atoms with E-state index in [4.69, 9.17) is 4.74 Å². The van der Waals surface area contributed by atoms with Gasteiger partial charge in [-0.15, -0.1) is 11.3 Å². The van der Waals surface area contributed by atoms with Crippen LogP contribution in [0.1, 0.15) is 34.0 Å². The van der Waals surface area contributed by atoms with Crippen LogP contribution < -0.4 is 5.32 Å². The van der Waals surface area contributed by atoms with Gasteiger partial charge in [0.25, 0.3) is 5.91 Å². The van der Waals surface area contributed by atoms with Crippen molar-refractivity contribution in [2.75, 3.05) is 11.9 Å². The summed E-state index contributed by atoms with van der Waals surface area (Å²) in [4.78, 5) is 25.6. The molecule has 0 saturated carbocycles. The molecule has 1 amide bonds. The van der Waals surface area contributed by atoms with Gasteiger partial charge in [0, 0.05) is 10.9 Å². The van der Waals surface area contributed by atoms with E-state index < -0.39 is 11.9 Å². The highest BCUT2D eigenvalue weighted by molar-refractivity contribution is 7.15. The fourth-order valence-electron chi connectivity index (χ4n) is 3.20. The highest BCUT2D eigenvalue weighted by Crippen LogP contribution is 2.38. The van der Waals surface area contributed by atoms with Crippen LogP contribution in [0, 0.1) is 25.2 Å². The van der Waals surface area contributed by atoms with Crippen LogP contribution in [0.2, 0.25) is 0 Å². The predicted molar refractivity (Wildman–Crippen MR) is 124 cm³/mol. The summed E-state index contributed by atoms with van der Waals surface area (Å²) in [7, 11) is 0. The minimum absolute atomic E-state index is 0.0533. The van der Waals surface area contributed by atoms with Gasteiger partial charge in [-0.3, -0.25) is 4.79 Å². The van der Waals surface area contributed by atoms with Gasteiger partial charge >= 0.3 is 5.97 Å². The van der Waals surface area contributed by atoms with E-state index in [1.165, 1.54) is 17.4 Å². The third-order valence-corrected chi connectivity index (χ3v) is 5.54. The van der Waals surface area contributed by atoms with Crippen LogP contribution in [-0.2, 0) is 9.53 Å². The molecule has 3 aromatic rings. The fraction of sp³-hybridized carbons (Fsp3) is 0.160. The third kappa shape index (κ3) is 5.08. The summed E-state index contributed by atoms with van der Waals surface area (Å²) in [6.45, 7) is 5.93. The van der Waals surface area contributed by atoms with Crippen LogP contribution in [0.5, 0.6) is 0 Å². The van der Waals surface area contributed by atoms with E-state index in [-0.39, 0.29) is 12.2 Å². The Morgan fingerprint density at radius 2 is 1.87 bits per heavy atom. The Kier molecular flexibility index (Phi) is 7.01. The van der Waals surface area contributed by atoms with E-state index >= 15 is 0 Å². The van der Waals surface area contributed by atoms with Crippen molar-refractivity contribution in [3.8, 4) is 17.2 Å². The maximum atomic E-state index is 12.8. The first-order chi connectivity index (χ1) is 14.9. The average Bonchev–Trinajstić information content (AvgIpc) is 3.16. The Labute approximate surface area is 185 Å². The molecule has 0 fully saturated rings. The second kappa shape index (κ2) is 9.88. The molecule has 3 rings (SSSR count). The maximum absolute atomic E-state index is 12.8. The molecular formula is C25H22N2O3S. The topological polar surface area (TPSA) is 79.2 Å². The van der Waals surface area contributed by atoms with Crippen LogP contribution in [0.15, 0.2) is 59.5 Å². The number of carbonyl (C=O) groups is 2. The summed E-state index contributed by atoms with van der Waals surface area (Å²) in [6.07, 6.45) is 1.51. The van der Waals surface area contributed by atoms with Crippen molar-refractivity contribution in [2.24, 2.45) is 0 Å². The van der Waals surface area contributed by atoms with E-state index in [1.54, 1.807) is 19.1 Å². The highest BCUT2D eigenvalue weighted by Gasteiger charge is 2.24. The summed E-state index contributed by atoms with van der Waals surface area (Å²) in [5.41, 5.74) is 4.71. The molecule has 2 aromatic carbocycles. The Hall–Kier alpha value is -3.69. The van der Waals surface area contributed by atoms with Gasteiger partial charge in [0.1, 0.15) is 22.2 Å². The standard InChI is InChI=1S/C25H22N2O3S/c1-4-30-25(29)22-21(20-11-10-16(2)12-17(20)3)15-31-24(22)27-23(28)19(14-26)13-18-8-6-5-7-9-18/h5-13,15H,4H2,1-3H3,(H,27,28)/b19-13+. The van der Waals surface area contributed by atoms with Crippen LogP contribution in [0.4, 0.5) is 5.00 Å². The first kappa shape index (κ1) is 22.0. The lowest BCUT2D eigenvalue weighted by atomic mass is 9.97. The van der Waals surface area contributed by atoms with Gasteiger partial charge < -0.3 is 10.1 Å². The quantitative estimate of drug-likeness (QED) is 0.307. The first-order valence-electron chi connectivity index (χ1n) is 9.79. The van der Waals surface area contributed by atoms with Crippen molar-refractivity contribution in [2.45, 2.75) is 20.8 Å². The highest BCUT2D eigenvalue weighted by atomic mass is 32.1. The average molecular weight is 431 g/mol. The molecule has 0 unspecified atom stereocenters. The Bertz CT molecular complexity index is 1190. The summed E-state index contributed by atoms with van der Waals surface area (Å²) in [6, 6.07) is 17.0. The number of aryl methyl sites for hydroxylation is 2. The van der Waals surface area contributed by atoms with Crippen molar-refractivity contribution in [1.29, 1.82) is 5.26 Å². The molecule has 156 valence electrons. The van der Waals surface area contributed by atoms with Crippen LogP contribution in [-0.4, -0.2) is 18.5 Å². The fourth-order valence-corrected chi connectivity index (χ4v) is 4.15. The molecule has 0 bridgehead atoms. The molecule has 0 saturated heterocycles. The monoisotopic (exact) mass is 430 g/mol. The summed E-state index contributed by atoms with van der Waals surface area (Å²) in [5.74, 6) is -1.09. The minimum Gasteiger partial charge on any atom is -0.462 e. The normalized spacial score (nSPS) is 11.0. The van der Waals surface area contributed by atoms with E-state index in [0.717, 1.165) is 22.3 Å². The zero-order chi connectivity index (χ0) is 22.4. The molecule has 0 atom stereocenters. The molecule has 5 nitrogen and oxygen atoms in total. The molecule has 6 heteroatoms. The van der Waals surface area contributed by atoms with Gasteiger partial charge in [-0.25, -0.2) is 4.79 Å². The molecule has 31 heavy (non-hydrogen) atoms. The number of anilines is 1. The summed E-state index contributed by atoms with van der Waals surface area (Å²) < 4.78 is 5.25. The number of nitrogens with zero attached hydrogens (tertiary/aromatic N) is 1. The van der Waals surface area contributed by atoms with Crippen LogP contribution >= 0.6 is 11.3 Å². The molecule has 0 aliphatic heterocycles. The Morgan fingerprint density at radius 3 is 2.52 bits per heavy atom. The number of esters is 1. The molecule has 1 aromatic heterocycles. The number of thiophene rings is 1. The van der Waals surface area contributed by atoms with Crippen LogP contribution in [0.3, 0.4) is 0 Å². The first-order valence-corrected chi connectivity index (χ1v) is 10.7. The zero-order valence-corrected chi connectivity index (χ0v) is 18.4. The number of nitrogens with one attached hydrogen (secondary N) is 1. The number of nitriles is 1. The van der Waals surface area contributed by atoms with E-state index in [9.17, 15) is 14.9 Å². The van der Waals surface area contributed by atoms with Crippen molar-refractivity contribution >= 4 is 34.3 Å². The Morgan fingerprint density at radius 1 is 1.13 bits per heavy atom. The molecule has 0 radical (unpaired) electrons. The number of hydrogen-bond donors (Lipinski definition) is 1. The molecule has 1 N–H and O–H groups in total. The lowest BCUT2D eigenvalue weighted by Gasteiger charge is -2.10. The lowest BCUT2D eigenvalue weighted by Crippen LogP contribution is -2.16. The molecule has 0 spiro atoms. The molecule has 0 aliphatic carbocycles. The minimum atomic E-state index is -0.578. The zero-order valence-electron chi connectivity index (χ0n) is 17.6. The molecule has 0 aliphatic rings. The van der Waals surface area contributed by atoms with Crippen molar-refractivity contribution in [3.63, 3.8) is 0 Å².